The molecule has 0 radical (unpaired) electrons. The first-order valence-corrected chi connectivity index (χ1v) is 9.27. The first-order chi connectivity index (χ1) is 12.3. The summed E-state index contributed by atoms with van der Waals surface area (Å²) in [5, 5.41) is 9.69. The summed E-state index contributed by atoms with van der Waals surface area (Å²) in [7, 11) is 0. The molecule has 1 unspecified atom stereocenters. The molecule has 0 saturated carbocycles. The number of halogens is 1. The van der Waals surface area contributed by atoms with Crippen LogP contribution in [0.15, 0.2) is 24.3 Å². The Morgan fingerprint density at radius 1 is 1.19 bits per heavy atom. The van der Waals surface area contributed by atoms with E-state index >= 15 is 0 Å². The van der Waals surface area contributed by atoms with E-state index in [-0.39, 0.29) is 17.2 Å². The molecule has 3 rings (SSSR count). The number of nitrogens with zero attached hydrogens (tertiary/aromatic N) is 2. The van der Waals surface area contributed by atoms with Crippen LogP contribution in [0.2, 0.25) is 5.02 Å². The van der Waals surface area contributed by atoms with Crippen molar-refractivity contribution in [3.05, 3.63) is 34.9 Å². The van der Waals surface area contributed by atoms with Crippen molar-refractivity contribution in [2.45, 2.75) is 38.6 Å². The summed E-state index contributed by atoms with van der Waals surface area (Å²) in [5.74, 6) is -1.16. The monoisotopic (exact) mass is 378 g/mol. The summed E-state index contributed by atoms with van der Waals surface area (Å²) in [6, 6.07) is 6.20. The molecule has 1 N–H and O–H groups in total. The average Bonchev–Trinajstić information content (AvgIpc) is 2.64. The standard InChI is InChI=1S/C19H23ClN2O4/c1-13(18(25)26)22-12-19(7-6-16(22)23)8-10-21(11-9-19)17(24)14-4-2-3-5-15(14)20/h2-5,13H,6-12H2,1H3,(H,25,26). The quantitative estimate of drug-likeness (QED) is 0.877. The molecule has 1 atom stereocenters. The zero-order chi connectivity index (χ0) is 18.9. The first-order valence-electron chi connectivity index (χ1n) is 8.89. The predicted octanol–water partition coefficient (Wildman–Crippen LogP) is 2.66. The van der Waals surface area contributed by atoms with E-state index in [1.165, 1.54) is 4.90 Å². The topological polar surface area (TPSA) is 77.9 Å². The van der Waals surface area contributed by atoms with Gasteiger partial charge in [-0.15, -0.1) is 0 Å². The van der Waals surface area contributed by atoms with Gasteiger partial charge < -0.3 is 14.9 Å². The Bertz CT molecular complexity index is 728. The van der Waals surface area contributed by atoms with E-state index in [4.69, 9.17) is 11.6 Å². The van der Waals surface area contributed by atoms with Gasteiger partial charge >= 0.3 is 5.97 Å². The lowest BCUT2D eigenvalue weighted by Crippen LogP contribution is -2.55. The van der Waals surface area contributed by atoms with Gasteiger partial charge in [0.05, 0.1) is 10.6 Å². The van der Waals surface area contributed by atoms with E-state index < -0.39 is 12.0 Å². The van der Waals surface area contributed by atoms with Gasteiger partial charge in [-0.25, -0.2) is 4.79 Å². The summed E-state index contributed by atoms with van der Waals surface area (Å²) in [4.78, 5) is 39.4. The Morgan fingerprint density at radius 3 is 2.46 bits per heavy atom. The predicted molar refractivity (Wildman–Crippen MR) is 97.1 cm³/mol. The van der Waals surface area contributed by atoms with E-state index in [0.717, 1.165) is 19.3 Å². The zero-order valence-corrected chi connectivity index (χ0v) is 15.5. The molecule has 0 bridgehead atoms. The van der Waals surface area contributed by atoms with Gasteiger partial charge in [0.1, 0.15) is 6.04 Å². The third kappa shape index (κ3) is 3.56. The fourth-order valence-electron chi connectivity index (χ4n) is 3.93. The van der Waals surface area contributed by atoms with Crippen molar-refractivity contribution >= 4 is 29.4 Å². The van der Waals surface area contributed by atoms with Gasteiger partial charge in [0.15, 0.2) is 0 Å². The van der Waals surface area contributed by atoms with Crippen LogP contribution in [0.4, 0.5) is 0 Å². The van der Waals surface area contributed by atoms with Crippen LogP contribution >= 0.6 is 11.6 Å². The van der Waals surface area contributed by atoms with Crippen molar-refractivity contribution < 1.29 is 19.5 Å². The molecule has 2 aliphatic rings. The minimum Gasteiger partial charge on any atom is -0.480 e. The van der Waals surface area contributed by atoms with Crippen molar-refractivity contribution in [2.75, 3.05) is 19.6 Å². The van der Waals surface area contributed by atoms with Gasteiger partial charge in [0.25, 0.3) is 5.91 Å². The lowest BCUT2D eigenvalue weighted by molar-refractivity contribution is -0.154. The molecule has 6 nitrogen and oxygen atoms in total. The van der Waals surface area contributed by atoms with Crippen LogP contribution in [-0.2, 0) is 9.59 Å². The average molecular weight is 379 g/mol. The van der Waals surface area contributed by atoms with Crippen LogP contribution in [-0.4, -0.2) is 58.4 Å². The number of carbonyl (C=O) groups is 3. The molecule has 2 heterocycles. The Hall–Kier alpha value is -2.08. The van der Waals surface area contributed by atoms with Gasteiger partial charge in [-0.3, -0.25) is 9.59 Å². The Labute approximate surface area is 157 Å². The molecule has 1 spiro atoms. The molecule has 0 aliphatic carbocycles. The highest BCUT2D eigenvalue weighted by atomic mass is 35.5. The van der Waals surface area contributed by atoms with E-state index in [9.17, 15) is 19.5 Å². The molecule has 0 aromatic heterocycles. The molecule has 7 heteroatoms. The third-order valence-corrected chi connectivity index (χ3v) is 6.07. The molecule has 1 aromatic carbocycles. The Morgan fingerprint density at radius 2 is 1.85 bits per heavy atom. The number of piperidine rings is 2. The normalized spacial score (nSPS) is 20.9. The summed E-state index contributed by atoms with van der Waals surface area (Å²) >= 11 is 6.13. The third-order valence-electron chi connectivity index (χ3n) is 5.74. The molecule has 2 amide bonds. The minimum absolute atomic E-state index is 0.0758. The second-order valence-corrected chi connectivity index (χ2v) is 7.72. The number of amides is 2. The largest absolute Gasteiger partial charge is 0.480 e. The molecular weight excluding hydrogens is 356 g/mol. The fraction of sp³-hybridized carbons (Fsp3) is 0.526. The number of likely N-dealkylation sites (tertiary alicyclic amines) is 2. The van der Waals surface area contributed by atoms with E-state index in [2.05, 4.69) is 0 Å². The van der Waals surface area contributed by atoms with E-state index in [0.29, 0.717) is 36.6 Å². The lowest BCUT2D eigenvalue weighted by Gasteiger charge is -2.48. The molecular formula is C19H23ClN2O4. The van der Waals surface area contributed by atoms with Crippen molar-refractivity contribution in [2.24, 2.45) is 5.41 Å². The van der Waals surface area contributed by atoms with Gasteiger partial charge in [0.2, 0.25) is 5.91 Å². The number of hydrogen-bond donors (Lipinski definition) is 1. The minimum atomic E-state index is -0.985. The Balaban J connectivity index is 1.67. The van der Waals surface area contributed by atoms with Crippen molar-refractivity contribution in [3.63, 3.8) is 0 Å². The maximum Gasteiger partial charge on any atom is 0.326 e. The highest BCUT2D eigenvalue weighted by Crippen LogP contribution is 2.41. The number of carbonyl (C=O) groups excluding carboxylic acids is 2. The summed E-state index contributed by atoms with van der Waals surface area (Å²) in [6.45, 7) is 3.18. The number of carboxylic acid groups (broad SMARTS) is 1. The molecule has 2 fully saturated rings. The highest BCUT2D eigenvalue weighted by molar-refractivity contribution is 6.33. The van der Waals surface area contributed by atoms with Crippen LogP contribution < -0.4 is 0 Å². The Kier molecular flexibility index (Phi) is 5.23. The lowest BCUT2D eigenvalue weighted by atomic mass is 9.72. The molecule has 140 valence electrons. The van der Waals surface area contributed by atoms with Gasteiger partial charge in [0, 0.05) is 26.1 Å². The van der Waals surface area contributed by atoms with Gasteiger partial charge in [-0.2, -0.15) is 0 Å². The first kappa shape index (κ1) is 18.7. The molecule has 26 heavy (non-hydrogen) atoms. The molecule has 2 saturated heterocycles. The van der Waals surface area contributed by atoms with Crippen molar-refractivity contribution in [3.8, 4) is 0 Å². The smallest absolute Gasteiger partial charge is 0.326 e. The van der Waals surface area contributed by atoms with Crippen LogP contribution in [0.3, 0.4) is 0 Å². The number of benzene rings is 1. The number of rotatable bonds is 3. The second kappa shape index (κ2) is 7.27. The van der Waals surface area contributed by atoms with Crippen LogP contribution in [0, 0.1) is 5.41 Å². The SMILES string of the molecule is CC(C(=O)O)N1CC2(CCC1=O)CCN(C(=O)c1ccccc1Cl)CC2. The van der Waals surface area contributed by atoms with Crippen LogP contribution in [0.1, 0.15) is 43.0 Å². The number of carboxylic acids is 1. The molecule has 1 aromatic rings. The summed E-state index contributed by atoms with van der Waals surface area (Å²) in [6.07, 6.45) is 2.65. The highest BCUT2D eigenvalue weighted by Gasteiger charge is 2.44. The van der Waals surface area contributed by atoms with Crippen LogP contribution in [0.25, 0.3) is 0 Å². The van der Waals surface area contributed by atoms with E-state index in [1.807, 2.05) is 0 Å². The second-order valence-electron chi connectivity index (χ2n) is 7.31. The van der Waals surface area contributed by atoms with Gasteiger partial charge in [-0.05, 0) is 43.7 Å². The number of aliphatic carboxylic acids is 1. The zero-order valence-electron chi connectivity index (χ0n) is 14.8. The summed E-state index contributed by atoms with van der Waals surface area (Å²) in [5.41, 5.74) is 0.402. The molecule has 2 aliphatic heterocycles. The van der Waals surface area contributed by atoms with E-state index in [1.54, 1.807) is 36.1 Å². The maximum absolute atomic E-state index is 12.7. The maximum atomic E-state index is 12.7. The van der Waals surface area contributed by atoms with Gasteiger partial charge in [-0.1, -0.05) is 23.7 Å². The fourth-order valence-corrected chi connectivity index (χ4v) is 4.14. The van der Waals surface area contributed by atoms with Crippen LogP contribution in [0.5, 0.6) is 0 Å². The number of hydrogen-bond acceptors (Lipinski definition) is 3. The van der Waals surface area contributed by atoms with Crippen molar-refractivity contribution in [1.82, 2.24) is 9.80 Å². The van der Waals surface area contributed by atoms with Crippen molar-refractivity contribution in [1.29, 1.82) is 0 Å². The summed E-state index contributed by atoms with van der Waals surface area (Å²) < 4.78 is 0.